The van der Waals surface area contributed by atoms with Gasteiger partial charge in [0.1, 0.15) is 11.5 Å². The number of hydrogen-bond donors (Lipinski definition) is 1. The minimum atomic E-state index is -3.91. The van der Waals surface area contributed by atoms with E-state index in [1.54, 1.807) is 44.4 Å². The van der Waals surface area contributed by atoms with E-state index < -0.39 is 32.6 Å². The number of piperidine rings is 1. The quantitative estimate of drug-likeness (QED) is 0.807. The predicted octanol–water partition coefficient (Wildman–Crippen LogP) is 3.55. The number of ether oxygens (including phenoxy) is 2. The van der Waals surface area contributed by atoms with E-state index in [0.717, 1.165) is 5.56 Å². The summed E-state index contributed by atoms with van der Waals surface area (Å²) in [6.45, 7) is 7.97. The van der Waals surface area contributed by atoms with Gasteiger partial charge in [-0.15, -0.1) is 0 Å². The number of hydrogen-bond acceptors (Lipinski definition) is 5. The summed E-state index contributed by atoms with van der Waals surface area (Å²) >= 11 is 0. The Balaban J connectivity index is 1.78. The van der Waals surface area contributed by atoms with Crippen LogP contribution in [0, 0.1) is 0 Å². The Kier molecular flexibility index (Phi) is 4.65. The predicted molar refractivity (Wildman–Crippen MR) is 114 cm³/mol. The first-order chi connectivity index (χ1) is 13.9. The van der Waals surface area contributed by atoms with Crippen LogP contribution in [-0.2, 0) is 20.0 Å². The lowest BCUT2D eigenvalue weighted by molar-refractivity contribution is -0.132. The molecule has 0 aromatic heterocycles. The Bertz CT molecular complexity index is 1100. The average molecular weight is 430 g/mol. The van der Waals surface area contributed by atoms with E-state index in [0.29, 0.717) is 23.5 Å². The summed E-state index contributed by atoms with van der Waals surface area (Å²) in [5.41, 5.74) is 0.697. The Labute approximate surface area is 177 Å². The number of amides is 1. The zero-order valence-corrected chi connectivity index (χ0v) is 18.7. The number of methoxy groups -OCH3 is 1. The largest absolute Gasteiger partial charge is 0.497 e. The van der Waals surface area contributed by atoms with Gasteiger partial charge in [0.2, 0.25) is 5.91 Å². The molecule has 0 aliphatic carbocycles. The van der Waals surface area contributed by atoms with E-state index in [1.165, 1.54) is 0 Å². The molecule has 7 heteroatoms. The third kappa shape index (κ3) is 3.35. The monoisotopic (exact) mass is 429 g/mol. The molecule has 2 aromatic carbocycles. The number of sulfone groups is 1. The molecule has 1 amide bonds. The molecule has 0 saturated carbocycles. The second-order valence-electron chi connectivity index (χ2n) is 9.28. The smallest absolute Gasteiger partial charge is 0.242 e. The highest BCUT2D eigenvalue weighted by Gasteiger charge is 2.54. The number of rotatable bonds is 3. The van der Waals surface area contributed by atoms with Crippen LogP contribution in [0.4, 0.5) is 0 Å². The van der Waals surface area contributed by atoms with Gasteiger partial charge in [0, 0.05) is 18.4 Å². The van der Waals surface area contributed by atoms with Gasteiger partial charge in [0.25, 0.3) is 0 Å². The number of fused-ring (bicyclic) bond motifs is 4. The van der Waals surface area contributed by atoms with Crippen LogP contribution < -0.4 is 14.8 Å². The van der Waals surface area contributed by atoms with Gasteiger partial charge in [-0.25, -0.2) is 8.42 Å². The maximum atomic E-state index is 13.6. The molecule has 30 heavy (non-hydrogen) atoms. The molecule has 1 N–H and O–H groups in total. The van der Waals surface area contributed by atoms with E-state index in [4.69, 9.17) is 9.47 Å². The second-order valence-corrected chi connectivity index (χ2v) is 11.3. The van der Waals surface area contributed by atoms with Crippen molar-refractivity contribution in [1.82, 2.24) is 5.32 Å². The highest BCUT2D eigenvalue weighted by atomic mass is 32.2. The van der Waals surface area contributed by atoms with Crippen molar-refractivity contribution in [3.63, 3.8) is 0 Å². The van der Waals surface area contributed by atoms with Crippen molar-refractivity contribution < 1.29 is 22.7 Å². The van der Waals surface area contributed by atoms with Gasteiger partial charge >= 0.3 is 0 Å². The van der Waals surface area contributed by atoms with Crippen molar-refractivity contribution in [3.8, 4) is 11.5 Å². The van der Waals surface area contributed by atoms with E-state index in [-0.39, 0.29) is 10.3 Å². The fourth-order valence-corrected chi connectivity index (χ4v) is 6.18. The summed E-state index contributed by atoms with van der Waals surface area (Å²) in [6, 6.07) is 12.1. The zero-order chi connectivity index (χ0) is 21.9. The lowest BCUT2D eigenvalue weighted by atomic mass is 9.81. The average Bonchev–Trinajstić information content (AvgIpc) is 2.65. The van der Waals surface area contributed by atoms with E-state index >= 15 is 0 Å². The van der Waals surface area contributed by atoms with Crippen LogP contribution in [-0.4, -0.2) is 32.4 Å². The molecule has 3 atom stereocenters. The summed E-state index contributed by atoms with van der Waals surface area (Å²) in [7, 11) is -2.35. The molecule has 1 saturated heterocycles. The van der Waals surface area contributed by atoms with Crippen molar-refractivity contribution >= 4 is 15.7 Å². The Morgan fingerprint density at radius 2 is 1.80 bits per heavy atom. The highest BCUT2D eigenvalue weighted by molar-refractivity contribution is 7.92. The van der Waals surface area contributed by atoms with Crippen molar-refractivity contribution in [1.29, 1.82) is 0 Å². The molecule has 2 heterocycles. The summed E-state index contributed by atoms with van der Waals surface area (Å²) in [6.07, 6.45) is 0.377. The van der Waals surface area contributed by atoms with Crippen LogP contribution in [0.5, 0.6) is 11.5 Å². The maximum Gasteiger partial charge on any atom is 0.242 e. The first kappa shape index (κ1) is 20.7. The number of carbonyl (C=O) groups excluding carboxylic acids is 1. The lowest BCUT2D eigenvalue weighted by Gasteiger charge is -2.46. The Morgan fingerprint density at radius 3 is 2.40 bits per heavy atom. The summed E-state index contributed by atoms with van der Waals surface area (Å²) < 4.78 is 38.4. The summed E-state index contributed by atoms with van der Waals surface area (Å²) in [5.74, 6) is 0.109. The molecular formula is C23H27NO5S. The van der Waals surface area contributed by atoms with Crippen LogP contribution in [0.1, 0.15) is 51.2 Å². The first-order valence-electron chi connectivity index (χ1n) is 9.98. The van der Waals surface area contributed by atoms with Crippen LogP contribution in [0.15, 0.2) is 47.4 Å². The standard InChI is InChI=1S/C23H27NO5S/c1-22(2,3)14-6-9-16(10-7-14)30(26,27)20-18-13-23(4,24-21(20)25)29-19-12-15(28-5)8-11-17(18)19/h6-12,18,20H,13H2,1-5H3,(H,24,25)/t18-,20-,23+/m0/s1. The van der Waals surface area contributed by atoms with Crippen molar-refractivity contribution in [2.75, 3.05) is 7.11 Å². The molecule has 2 bridgehead atoms. The molecule has 0 spiro atoms. The maximum absolute atomic E-state index is 13.6. The second kappa shape index (κ2) is 6.74. The molecule has 2 aromatic rings. The molecule has 0 radical (unpaired) electrons. The minimum Gasteiger partial charge on any atom is -0.497 e. The van der Waals surface area contributed by atoms with Gasteiger partial charge in [0.15, 0.2) is 20.8 Å². The van der Waals surface area contributed by atoms with Gasteiger partial charge in [-0.1, -0.05) is 39.0 Å². The van der Waals surface area contributed by atoms with Crippen LogP contribution in [0.25, 0.3) is 0 Å². The van der Waals surface area contributed by atoms with Gasteiger partial charge in [-0.3, -0.25) is 4.79 Å². The fraction of sp³-hybridized carbons (Fsp3) is 0.435. The van der Waals surface area contributed by atoms with Crippen LogP contribution in [0.2, 0.25) is 0 Å². The number of nitrogens with one attached hydrogen (secondary N) is 1. The number of carbonyl (C=O) groups is 1. The van der Waals surface area contributed by atoms with Gasteiger partial charge in [0.05, 0.1) is 12.0 Å². The molecular weight excluding hydrogens is 402 g/mol. The molecule has 0 unspecified atom stereocenters. The Hall–Kier alpha value is -2.54. The Morgan fingerprint density at radius 1 is 1.13 bits per heavy atom. The fourth-order valence-electron chi connectivity index (χ4n) is 4.36. The van der Waals surface area contributed by atoms with Crippen molar-refractivity contribution in [2.45, 2.75) is 61.3 Å². The topological polar surface area (TPSA) is 81.7 Å². The third-order valence-corrected chi connectivity index (χ3v) is 8.10. The summed E-state index contributed by atoms with van der Waals surface area (Å²) in [4.78, 5) is 13.2. The van der Waals surface area contributed by atoms with Crippen molar-refractivity contribution in [2.24, 2.45) is 0 Å². The van der Waals surface area contributed by atoms with E-state index in [2.05, 4.69) is 26.1 Å². The minimum absolute atomic E-state index is 0.0922. The molecule has 160 valence electrons. The van der Waals surface area contributed by atoms with Gasteiger partial charge in [-0.05, 0) is 41.7 Å². The molecule has 6 nitrogen and oxygen atoms in total. The van der Waals surface area contributed by atoms with Crippen LogP contribution in [0.3, 0.4) is 0 Å². The normalized spacial score (nSPS) is 25.7. The number of benzene rings is 2. The SMILES string of the molecule is COc1ccc2c(c1)O[C@]1(C)C[C@@H]2[C@H](S(=O)(=O)c2ccc(C(C)(C)C)cc2)C(=O)N1. The summed E-state index contributed by atoms with van der Waals surface area (Å²) in [5, 5.41) is 1.56. The molecule has 2 aliphatic heterocycles. The molecule has 1 fully saturated rings. The van der Waals surface area contributed by atoms with Crippen molar-refractivity contribution in [3.05, 3.63) is 53.6 Å². The first-order valence-corrected chi connectivity index (χ1v) is 11.5. The lowest BCUT2D eigenvalue weighted by Crippen LogP contribution is -2.63. The van der Waals surface area contributed by atoms with E-state index in [9.17, 15) is 13.2 Å². The van der Waals surface area contributed by atoms with Gasteiger partial charge in [-0.2, -0.15) is 0 Å². The highest BCUT2D eigenvalue weighted by Crippen LogP contribution is 2.48. The van der Waals surface area contributed by atoms with Gasteiger partial charge < -0.3 is 14.8 Å². The zero-order valence-electron chi connectivity index (χ0n) is 17.9. The molecule has 2 aliphatic rings. The van der Waals surface area contributed by atoms with Crippen LogP contribution >= 0.6 is 0 Å². The van der Waals surface area contributed by atoms with E-state index in [1.807, 2.05) is 12.1 Å². The molecule has 4 rings (SSSR count). The third-order valence-electron chi connectivity index (χ3n) is 5.96.